The number of amides is 1. The summed E-state index contributed by atoms with van der Waals surface area (Å²) < 4.78 is 6.65. The van der Waals surface area contributed by atoms with Crippen molar-refractivity contribution in [2.45, 2.75) is 70.6 Å². The molecule has 1 heterocycles. The number of ketones is 1. The Morgan fingerprint density at radius 1 is 1.18 bits per heavy atom. The number of azide groups is 1. The van der Waals surface area contributed by atoms with Crippen LogP contribution in [0, 0.1) is 0 Å². The molecule has 1 amide bonds. The first kappa shape index (κ1) is 23.5. The number of nitrogens with zero attached hydrogens (tertiary/aromatic N) is 6. The first-order valence-electron chi connectivity index (χ1n) is 11.4. The van der Waals surface area contributed by atoms with Crippen LogP contribution in [0.1, 0.15) is 72.0 Å². The fraction of sp³-hybridized carbons (Fsp3) is 0.500. The lowest BCUT2D eigenvalue weighted by molar-refractivity contribution is 0.0441. The molecule has 10 heteroatoms. The van der Waals surface area contributed by atoms with Gasteiger partial charge in [-0.15, -0.1) is 0 Å². The van der Waals surface area contributed by atoms with Crippen molar-refractivity contribution in [1.82, 2.24) is 14.7 Å². The van der Waals surface area contributed by atoms with Gasteiger partial charge in [-0.3, -0.25) is 9.59 Å². The van der Waals surface area contributed by atoms with Gasteiger partial charge in [-0.05, 0) is 76.1 Å². The molecule has 1 fully saturated rings. The number of aryl methyl sites for hydroxylation is 1. The molecule has 1 unspecified atom stereocenters. The maximum atomic E-state index is 13.4. The van der Waals surface area contributed by atoms with Crippen molar-refractivity contribution in [1.29, 1.82) is 0 Å². The van der Waals surface area contributed by atoms with Crippen molar-refractivity contribution in [2.24, 2.45) is 5.11 Å². The van der Waals surface area contributed by atoms with Crippen LogP contribution in [-0.4, -0.2) is 56.7 Å². The van der Waals surface area contributed by atoms with Crippen molar-refractivity contribution in [2.75, 3.05) is 6.54 Å². The van der Waals surface area contributed by atoms with Gasteiger partial charge in [0.1, 0.15) is 5.60 Å². The van der Waals surface area contributed by atoms with E-state index in [2.05, 4.69) is 15.1 Å². The van der Waals surface area contributed by atoms with E-state index in [0.29, 0.717) is 24.0 Å². The molecule has 0 aliphatic heterocycles. The van der Waals surface area contributed by atoms with Crippen LogP contribution in [-0.2, 0) is 17.6 Å². The number of rotatable bonds is 7. The van der Waals surface area contributed by atoms with Crippen LogP contribution in [0.2, 0.25) is 0 Å². The summed E-state index contributed by atoms with van der Waals surface area (Å²) in [5.74, 6) is -0.0628. The van der Waals surface area contributed by atoms with Crippen molar-refractivity contribution >= 4 is 17.8 Å². The van der Waals surface area contributed by atoms with Gasteiger partial charge in [0.2, 0.25) is 0 Å². The molecule has 2 aromatic rings. The average Bonchev–Trinajstić information content (AvgIpc) is 3.54. The number of aromatic nitrogens is 2. The van der Waals surface area contributed by atoms with Crippen LogP contribution in [0.5, 0.6) is 0 Å². The van der Waals surface area contributed by atoms with Crippen LogP contribution in [0.25, 0.3) is 10.4 Å². The number of ether oxygens (including phenoxy) is 1. The van der Waals surface area contributed by atoms with E-state index in [1.807, 2.05) is 4.90 Å². The molecule has 0 radical (unpaired) electrons. The van der Waals surface area contributed by atoms with Crippen LogP contribution >= 0.6 is 0 Å². The lowest BCUT2D eigenvalue weighted by atomic mass is 9.91. The highest BCUT2D eigenvalue weighted by atomic mass is 16.6. The van der Waals surface area contributed by atoms with Gasteiger partial charge in [-0.25, -0.2) is 4.79 Å². The number of fused-ring (bicyclic) bond motifs is 1. The summed E-state index contributed by atoms with van der Waals surface area (Å²) in [4.78, 5) is 42.2. The Hall–Kier alpha value is -3.65. The van der Waals surface area contributed by atoms with E-state index < -0.39 is 11.7 Å². The lowest BCUT2D eigenvalue weighted by Gasteiger charge is -2.34. The van der Waals surface area contributed by atoms with E-state index in [9.17, 15) is 14.4 Å². The summed E-state index contributed by atoms with van der Waals surface area (Å²) in [6.07, 6.45) is 5.02. The van der Waals surface area contributed by atoms with Crippen LogP contribution in [0.4, 0.5) is 4.79 Å². The number of carbonyl (C=O) groups is 3. The second-order valence-electron chi connectivity index (χ2n) is 9.54. The van der Waals surface area contributed by atoms with Gasteiger partial charge >= 0.3 is 6.09 Å². The molecule has 0 saturated heterocycles. The Morgan fingerprint density at radius 3 is 2.47 bits per heavy atom. The fourth-order valence-corrected chi connectivity index (χ4v) is 4.31. The molecule has 0 bridgehead atoms. The van der Waals surface area contributed by atoms with Crippen molar-refractivity contribution < 1.29 is 19.1 Å². The van der Waals surface area contributed by atoms with E-state index >= 15 is 0 Å². The average molecular weight is 465 g/mol. The molecule has 2 aliphatic carbocycles. The molecule has 0 N–H and O–H groups in total. The minimum absolute atomic E-state index is 0.00932. The second kappa shape index (κ2) is 9.30. The number of carbonyl (C=O) groups excluding carboxylic acids is 3. The van der Waals surface area contributed by atoms with E-state index in [1.54, 1.807) is 44.3 Å². The van der Waals surface area contributed by atoms with E-state index in [0.717, 1.165) is 30.5 Å². The highest BCUT2D eigenvalue weighted by Gasteiger charge is 2.39. The van der Waals surface area contributed by atoms with E-state index in [1.165, 1.54) is 11.6 Å². The van der Waals surface area contributed by atoms with Crippen molar-refractivity contribution in [3.63, 3.8) is 0 Å². The summed E-state index contributed by atoms with van der Waals surface area (Å²) in [6.45, 7) is 4.86. The first-order valence-corrected chi connectivity index (χ1v) is 11.4. The molecule has 1 atom stereocenters. The minimum atomic E-state index is -0.953. The highest BCUT2D eigenvalue weighted by molar-refractivity contribution is 5.98. The molecule has 1 saturated carbocycles. The Bertz CT molecular complexity index is 1160. The van der Waals surface area contributed by atoms with Gasteiger partial charge < -0.3 is 9.64 Å². The Balaban J connectivity index is 1.48. The third-order valence-corrected chi connectivity index (χ3v) is 6.22. The number of Topliss-reactive ketones (excluding diaryl/α,β-unsaturated/α-hetero) is 1. The summed E-state index contributed by atoms with van der Waals surface area (Å²) in [7, 11) is 0. The predicted octanol–water partition coefficient (Wildman–Crippen LogP) is 4.32. The van der Waals surface area contributed by atoms with Crippen LogP contribution in [0.15, 0.2) is 35.6 Å². The van der Waals surface area contributed by atoms with Gasteiger partial charge in [-0.2, -0.15) is 9.78 Å². The molecule has 1 aromatic carbocycles. The quantitative estimate of drug-likeness (QED) is 0.261. The molecule has 1 aromatic heterocycles. The lowest BCUT2D eigenvalue weighted by Crippen LogP contribution is -2.44. The van der Waals surface area contributed by atoms with Gasteiger partial charge in [0.15, 0.2) is 5.78 Å². The SMILES string of the molecule is CC(=O)c1ccc(C(=O)N(C2CC2)C2CCc3nn(C(=O)OC(C)(C)CN=[N+]=[N-])cc3C2)cc1. The number of benzene rings is 1. The molecule has 178 valence electrons. The van der Waals surface area contributed by atoms with Gasteiger partial charge in [-0.1, -0.05) is 17.2 Å². The standard InChI is InChI=1S/C24H28N6O4/c1-15(31)16-4-6-17(7-5-16)22(32)30(19-8-9-19)20-10-11-21-18(12-20)13-29(27-21)23(33)34-24(2,3)14-26-28-25/h4-7,13,19-20H,8-12,14H2,1-3H3. The summed E-state index contributed by atoms with van der Waals surface area (Å²) in [5, 5.41) is 7.88. The molecule has 10 nitrogen and oxygen atoms in total. The smallest absolute Gasteiger partial charge is 0.435 e. The van der Waals surface area contributed by atoms with E-state index in [-0.39, 0.29) is 30.3 Å². The zero-order valence-electron chi connectivity index (χ0n) is 19.6. The van der Waals surface area contributed by atoms with Gasteiger partial charge in [0.05, 0.1) is 12.2 Å². The van der Waals surface area contributed by atoms with Crippen LogP contribution in [0.3, 0.4) is 0 Å². The minimum Gasteiger partial charge on any atom is -0.442 e. The third-order valence-electron chi connectivity index (χ3n) is 6.22. The number of hydrogen-bond donors (Lipinski definition) is 0. The third kappa shape index (κ3) is 5.12. The first-order chi connectivity index (χ1) is 16.2. The molecule has 0 spiro atoms. The Labute approximate surface area is 197 Å². The number of hydrogen-bond acceptors (Lipinski definition) is 6. The molecular weight excluding hydrogens is 436 g/mol. The largest absolute Gasteiger partial charge is 0.442 e. The van der Waals surface area contributed by atoms with Crippen molar-refractivity contribution in [3.8, 4) is 0 Å². The molecule has 4 rings (SSSR count). The van der Waals surface area contributed by atoms with Gasteiger partial charge in [0, 0.05) is 34.3 Å². The Morgan fingerprint density at radius 2 is 1.85 bits per heavy atom. The van der Waals surface area contributed by atoms with Crippen LogP contribution < -0.4 is 0 Å². The van der Waals surface area contributed by atoms with Crippen molar-refractivity contribution in [3.05, 3.63) is 63.3 Å². The van der Waals surface area contributed by atoms with Gasteiger partial charge in [0.25, 0.3) is 5.91 Å². The normalized spacial score (nSPS) is 17.3. The Kier molecular flexibility index (Phi) is 6.43. The maximum absolute atomic E-state index is 13.4. The molecule has 34 heavy (non-hydrogen) atoms. The topological polar surface area (TPSA) is 130 Å². The zero-order valence-corrected chi connectivity index (χ0v) is 19.6. The predicted molar refractivity (Wildman–Crippen MR) is 124 cm³/mol. The fourth-order valence-electron chi connectivity index (χ4n) is 4.31. The monoisotopic (exact) mass is 464 g/mol. The highest BCUT2D eigenvalue weighted by Crippen LogP contribution is 2.35. The zero-order chi connectivity index (χ0) is 24.5. The maximum Gasteiger partial charge on any atom is 0.435 e. The summed E-state index contributed by atoms with van der Waals surface area (Å²) in [6, 6.07) is 7.05. The molecule has 2 aliphatic rings. The summed E-state index contributed by atoms with van der Waals surface area (Å²) >= 11 is 0. The molecular formula is C24H28N6O4. The van der Waals surface area contributed by atoms with E-state index in [4.69, 9.17) is 10.3 Å². The summed E-state index contributed by atoms with van der Waals surface area (Å²) in [5.41, 5.74) is 10.5. The second-order valence-corrected chi connectivity index (χ2v) is 9.54.